The molecule has 1 aliphatic rings. The van der Waals surface area contributed by atoms with Crippen molar-refractivity contribution in [3.63, 3.8) is 0 Å². The molecule has 0 bridgehead atoms. The minimum atomic E-state index is 0.975. The molecule has 2 rings (SSSR count). The second kappa shape index (κ2) is 6.91. The van der Waals surface area contributed by atoms with Gasteiger partial charge in [0.15, 0.2) is 0 Å². The smallest absolute Gasteiger partial charge is 0.0701 e. The maximum absolute atomic E-state index is 3.56. The maximum atomic E-state index is 3.56. The van der Waals surface area contributed by atoms with E-state index in [4.69, 9.17) is 0 Å². The highest BCUT2D eigenvalue weighted by Crippen LogP contribution is 2.30. The Hall–Kier alpha value is 0.140. The largest absolute Gasteiger partial charge is 0.312 e. The van der Waals surface area contributed by atoms with Crippen LogP contribution in [-0.2, 0) is 6.54 Å². The number of hydrogen-bond acceptors (Lipinski definition) is 2. The number of halogens is 1. The van der Waals surface area contributed by atoms with Gasteiger partial charge in [-0.25, -0.2) is 0 Å². The van der Waals surface area contributed by atoms with Crippen LogP contribution in [0.1, 0.15) is 43.9 Å². The molecule has 1 fully saturated rings. The summed E-state index contributed by atoms with van der Waals surface area (Å²) in [7, 11) is 0. The van der Waals surface area contributed by atoms with Gasteiger partial charge in [-0.05, 0) is 52.9 Å². The Morgan fingerprint density at radius 2 is 2.06 bits per heavy atom. The van der Waals surface area contributed by atoms with Crippen molar-refractivity contribution in [2.75, 3.05) is 6.54 Å². The Balaban J connectivity index is 1.57. The van der Waals surface area contributed by atoms with Crippen LogP contribution in [0.25, 0.3) is 0 Å². The van der Waals surface area contributed by atoms with E-state index >= 15 is 0 Å². The van der Waals surface area contributed by atoms with Crippen LogP contribution in [0.2, 0.25) is 0 Å². The molecule has 1 heterocycles. The highest BCUT2D eigenvalue weighted by Gasteiger charge is 2.17. The molecule has 1 aromatic heterocycles. The summed E-state index contributed by atoms with van der Waals surface area (Å²) in [5, 5.41) is 3.56. The highest BCUT2D eigenvalue weighted by atomic mass is 79.9. The van der Waals surface area contributed by atoms with Crippen molar-refractivity contribution in [1.29, 1.82) is 0 Å². The monoisotopic (exact) mass is 315 g/mol. The Morgan fingerprint density at radius 3 is 2.71 bits per heavy atom. The molecule has 1 N–H and O–H groups in total. The summed E-state index contributed by atoms with van der Waals surface area (Å²) < 4.78 is 1.23. The second-order valence-corrected chi connectivity index (χ2v) is 7.84. The van der Waals surface area contributed by atoms with E-state index in [0.29, 0.717) is 0 Å². The standard InChI is InChI=1S/C14H22BrNS/c1-11-2-4-12(5-3-11)8-9-16-10-13-6-7-14(15)17-13/h6-7,11-12,16H,2-5,8-10H2,1H3. The van der Waals surface area contributed by atoms with E-state index in [-0.39, 0.29) is 0 Å². The van der Waals surface area contributed by atoms with Crippen molar-refractivity contribution in [3.8, 4) is 0 Å². The third kappa shape index (κ3) is 4.72. The van der Waals surface area contributed by atoms with Gasteiger partial charge in [-0.2, -0.15) is 0 Å². The lowest BCUT2D eigenvalue weighted by molar-refractivity contribution is 0.275. The first-order chi connectivity index (χ1) is 8.24. The molecular weight excluding hydrogens is 294 g/mol. The van der Waals surface area contributed by atoms with Crippen molar-refractivity contribution in [3.05, 3.63) is 20.8 Å². The number of thiophene rings is 1. The molecule has 1 nitrogen and oxygen atoms in total. The Labute approximate surface area is 117 Å². The van der Waals surface area contributed by atoms with Gasteiger partial charge >= 0.3 is 0 Å². The Morgan fingerprint density at radius 1 is 1.29 bits per heavy atom. The molecule has 1 aromatic rings. The molecule has 0 radical (unpaired) electrons. The highest BCUT2D eigenvalue weighted by molar-refractivity contribution is 9.11. The molecule has 0 spiro atoms. The van der Waals surface area contributed by atoms with Crippen LogP contribution < -0.4 is 5.32 Å². The van der Waals surface area contributed by atoms with Crippen LogP contribution in [-0.4, -0.2) is 6.54 Å². The molecule has 0 atom stereocenters. The van der Waals surface area contributed by atoms with Gasteiger partial charge in [-0.3, -0.25) is 0 Å². The van der Waals surface area contributed by atoms with Crippen LogP contribution in [0.4, 0.5) is 0 Å². The van der Waals surface area contributed by atoms with E-state index < -0.39 is 0 Å². The first kappa shape index (κ1) is 13.6. The van der Waals surface area contributed by atoms with Gasteiger partial charge in [-0.1, -0.05) is 32.6 Å². The molecule has 0 aliphatic heterocycles. The lowest BCUT2D eigenvalue weighted by Gasteiger charge is -2.26. The molecular formula is C14H22BrNS. The molecule has 17 heavy (non-hydrogen) atoms. The maximum Gasteiger partial charge on any atom is 0.0701 e. The summed E-state index contributed by atoms with van der Waals surface area (Å²) in [5.74, 6) is 1.96. The van der Waals surface area contributed by atoms with Gasteiger partial charge in [0.05, 0.1) is 3.79 Å². The summed E-state index contributed by atoms with van der Waals surface area (Å²) in [6.45, 7) is 4.59. The van der Waals surface area contributed by atoms with Crippen molar-refractivity contribution in [2.24, 2.45) is 11.8 Å². The first-order valence-electron chi connectivity index (χ1n) is 6.69. The van der Waals surface area contributed by atoms with Gasteiger partial charge in [-0.15, -0.1) is 11.3 Å². The predicted molar refractivity (Wildman–Crippen MR) is 79.5 cm³/mol. The van der Waals surface area contributed by atoms with Gasteiger partial charge < -0.3 is 5.32 Å². The number of nitrogens with one attached hydrogen (secondary N) is 1. The average molecular weight is 316 g/mol. The fourth-order valence-electron chi connectivity index (χ4n) is 2.58. The fraction of sp³-hybridized carbons (Fsp3) is 0.714. The summed E-state index contributed by atoms with van der Waals surface area (Å²) in [6.07, 6.45) is 7.16. The van der Waals surface area contributed by atoms with Crippen molar-refractivity contribution < 1.29 is 0 Å². The molecule has 3 heteroatoms. The first-order valence-corrected chi connectivity index (χ1v) is 8.30. The van der Waals surface area contributed by atoms with Crippen molar-refractivity contribution >= 4 is 27.3 Å². The van der Waals surface area contributed by atoms with Crippen molar-refractivity contribution in [1.82, 2.24) is 5.32 Å². The van der Waals surface area contributed by atoms with Gasteiger partial charge in [0.25, 0.3) is 0 Å². The van der Waals surface area contributed by atoms with Gasteiger partial charge in [0.1, 0.15) is 0 Å². The normalized spacial score (nSPS) is 25.1. The molecule has 0 aromatic carbocycles. The van der Waals surface area contributed by atoms with E-state index in [1.807, 2.05) is 11.3 Å². The average Bonchev–Trinajstić information content (AvgIpc) is 2.73. The lowest BCUT2D eigenvalue weighted by atomic mass is 9.81. The number of hydrogen-bond donors (Lipinski definition) is 1. The third-order valence-corrected chi connectivity index (χ3v) is 5.42. The minimum absolute atomic E-state index is 0.975. The summed E-state index contributed by atoms with van der Waals surface area (Å²) >= 11 is 5.33. The fourth-order valence-corrected chi connectivity index (χ4v) is 4.04. The number of rotatable bonds is 5. The van der Waals surface area contributed by atoms with Crippen LogP contribution in [0.5, 0.6) is 0 Å². The Bertz CT molecular complexity index is 329. The van der Waals surface area contributed by atoms with Crippen LogP contribution in [0, 0.1) is 11.8 Å². The van der Waals surface area contributed by atoms with E-state index in [0.717, 1.165) is 18.4 Å². The summed E-state index contributed by atoms with van der Waals surface area (Å²) in [6, 6.07) is 4.33. The zero-order chi connectivity index (χ0) is 12.1. The minimum Gasteiger partial charge on any atom is -0.312 e. The SMILES string of the molecule is CC1CCC(CCNCc2ccc(Br)s2)CC1. The molecule has 1 saturated carbocycles. The van der Waals surface area contributed by atoms with E-state index in [1.54, 1.807) is 0 Å². The summed E-state index contributed by atoms with van der Waals surface area (Å²) in [4.78, 5) is 1.43. The zero-order valence-corrected chi connectivity index (χ0v) is 12.9. The van der Waals surface area contributed by atoms with Gasteiger partial charge in [0, 0.05) is 11.4 Å². The van der Waals surface area contributed by atoms with Gasteiger partial charge in [0.2, 0.25) is 0 Å². The zero-order valence-electron chi connectivity index (χ0n) is 10.5. The van der Waals surface area contributed by atoms with E-state index in [9.17, 15) is 0 Å². The van der Waals surface area contributed by atoms with Crippen molar-refractivity contribution in [2.45, 2.75) is 45.6 Å². The molecule has 96 valence electrons. The molecule has 0 saturated heterocycles. The second-order valence-electron chi connectivity index (χ2n) is 5.30. The molecule has 0 unspecified atom stereocenters. The molecule has 0 amide bonds. The van der Waals surface area contributed by atoms with E-state index in [1.165, 1.54) is 47.3 Å². The lowest BCUT2D eigenvalue weighted by Crippen LogP contribution is -2.20. The van der Waals surface area contributed by atoms with Crippen LogP contribution in [0.3, 0.4) is 0 Å². The van der Waals surface area contributed by atoms with E-state index in [2.05, 4.69) is 40.3 Å². The predicted octanol–water partition coefficient (Wildman–Crippen LogP) is 4.82. The topological polar surface area (TPSA) is 12.0 Å². The quantitative estimate of drug-likeness (QED) is 0.768. The molecule has 1 aliphatic carbocycles. The third-order valence-electron chi connectivity index (χ3n) is 3.79. The Kier molecular flexibility index (Phi) is 5.51. The summed E-state index contributed by atoms with van der Waals surface area (Å²) in [5.41, 5.74) is 0. The van der Waals surface area contributed by atoms with Crippen LogP contribution in [0.15, 0.2) is 15.9 Å². The van der Waals surface area contributed by atoms with Crippen LogP contribution >= 0.6 is 27.3 Å².